The van der Waals surface area contributed by atoms with E-state index in [1.54, 1.807) is 0 Å². The lowest BCUT2D eigenvalue weighted by molar-refractivity contribution is -0.0114. The summed E-state index contributed by atoms with van der Waals surface area (Å²) in [5, 5.41) is 2.08. The Labute approximate surface area is 114 Å². The average Bonchev–Trinajstić information content (AvgIpc) is 2.46. The molecule has 19 heavy (non-hydrogen) atoms. The number of carbonyl (C=O) groups is 1. The van der Waals surface area contributed by atoms with E-state index in [0.717, 1.165) is 16.3 Å². The van der Waals surface area contributed by atoms with Crippen molar-refractivity contribution in [2.24, 2.45) is 0 Å². The van der Waals surface area contributed by atoms with Gasteiger partial charge in [0.15, 0.2) is 5.78 Å². The maximum Gasteiger partial charge on any atom is 0.194 e. The van der Waals surface area contributed by atoms with Crippen LogP contribution in [0.25, 0.3) is 10.8 Å². The number of carbonyl (C=O) groups excluding carboxylic acids is 1. The third-order valence-corrected chi connectivity index (χ3v) is 3.65. The van der Waals surface area contributed by atoms with E-state index >= 15 is 0 Å². The Morgan fingerprint density at radius 1 is 1.11 bits per heavy atom. The molecule has 1 atom stereocenters. The second-order valence-electron chi connectivity index (χ2n) is 4.87. The first-order valence-electron chi connectivity index (χ1n) is 6.79. The predicted molar refractivity (Wildman–Crippen MR) is 78.6 cm³/mol. The molecule has 2 aromatic carbocycles. The fourth-order valence-electron chi connectivity index (χ4n) is 2.36. The third kappa shape index (κ3) is 2.54. The number of benzene rings is 2. The van der Waals surface area contributed by atoms with Crippen molar-refractivity contribution in [1.29, 1.82) is 0 Å². The van der Waals surface area contributed by atoms with Crippen molar-refractivity contribution >= 4 is 16.6 Å². The number of Topliss-reactive ketones (excluding diaryl/α,β-unsaturated/α-hetero) is 1. The van der Waals surface area contributed by atoms with Crippen LogP contribution < -0.4 is 0 Å². The summed E-state index contributed by atoms with van der Waals surface area (Å²) in [5.74, 6) is 0.0636. The van der Waals surface area contributed by atoms with Crippen molar-refractivity contribution in [3.63, 3.8) is 0 Å². The van der Waals surface area contributed by atoms with E-state index in [2.05, 4.69) is 0 Å². The van der Waals surface area contributed by atoms with Crippen LogP contribution in [0.5, 0.6) is 0 Å². The fourth-order valence-corrected chi connectivity index (χ4v) is 2.36. The molecule has 0 radical (unpaired) electrons. The summed E-state index contributed by atoms with van der Waals surface area (Å²) in [7, 11) is 0. The van der Waals surface area contributed by atoms with Crippen LogP contribution in [0.1, 0.15) is 37.6 Å². The molecule has 0 amide bonds. The summed E-state index contributed by atoms with van der Waals surface area (Å²) in [6, 6.07) is 13.8. The van der Waals surface area contributed by atoms with Gasteiger partial charge >= 0.3 is 0 Å². The Balaban J connectivity index is 2.52. The third-order valence-electron chi connectivity index (χ3n) is 3.65. The minimum atomic E-state index is -0.737. The smallest absolute Gasteiger partial charge is 0.194 e. The SMILES string of the molecule is CCOC(C)(CC)C(=O)c1cccc2ccccc12. The lowest BCUT2D eigenvalue weighted by atomic mass is 9.89. The van der Waals surface area contributed by atoms with Gasteiger partial charge in [-0.05, 0) is 31.0 Å². The highest BCUT2D eigenvalue weighted by Crippen LogP contribution is 2.26. The van der Waals surface area contributed by atoms with Crippen molar-refractivity contribution in [1.82, 2.24) is 0 Å². The van der Waals surface area contributed by atoms with E-state index in [1.165, 1.54) is 0 Å². The first-order chi connectivity index (χ1) is 9.12. The van der Waals surface area contributed by atoms with Gasteiger partial charge in [-0.2, -0.15) is 0 Å². The molecule has 2 rings (SSSR count). The summed E-state index contributed by atoms with van der Waals surface area (Å²) in [6.45, 7) is 6.32. The molecule has 0 saturated carbocycles. The molecule has 2 aromatic rings. The van der Waals surface area contributed by atoms with E-state index in [0.29, 0.717) is 13.0 Å². The monoisotopic (exact) mass is 256 g/mol. The minimum Gasteiger partial charge on any atom is -0.367 e. The number of fused-ring (bicyclic) bond motifs is 1. The van der Waals surface area contributed by atoms with Crippen LogP contribution in [0.4, 0.5) is 0 Å². The van der Waals surface area contributed by atoms with Gasteiger partial charge in [-0.1, -0.05) is 49.4 Å². The van der Waals surface area contributed by atoms with Crippen LogP contribution >= 0.6 is 0 Å². The zero-order valence-electron chi connectivity index (χ0n) is 11.8. The van der Waals surface area contributed by atoms with E-state index in [-0.39, 0.29) is 5.78 Å². The highest BCUT2D eigenvalue weighted by molar-refractivity contribution is 6.11. The molecule has 0 saturated heterocycles. The Bertz CT molecular complexity index is 583. The lowest BCUT2D eigenvalue weighted by Gasteiger charge is -2.27. The van der Waals surface area contributed by atoms with Gasteiger partial charge in [0, 0.05) is 12.2 Å². The zero-order chi connectivity index (χ0) is 13.9. The summed E-state index contributed by atoms with van der Waals surface area (Å²) in [4.78, 5) is 12.8. The molecule has 0 aliphatic heterocycles. The molecule has 0 aromatic heterocycles. The zero-order valence-corrected chi connectivity index (χ0v) is 11.8. The molecule has 100 valence electrons. The average molecular weight is 256 g/mol. The first-order valence-corrected chi connectivity index (χ1v) is 6.79. The van der Waals surface area contributed by atoms with Crippen LogP contribution in [-0.4, -0.2) is 18.0 Å². The lowest BCUT2D eigenvalue weighted by Crippen LogP contribution is -2.38. The van der Waals surface area contributed by atoms with E-state index in [9.17, 15) is 4.79 Å². The van der Waals surface area contributed by atoms with Gasteiger partial charge < -0.3 is 4.74 Å². The van der Waals surface area contributed by atoms with Crippen LogP contribution in [0.2, 0.25) is 0 Å². The summed E-state index contributed by atoms with van der Waals surface area (Å²) in [6.07, 6.45) is 0.670. The predicted octanol–water partition coefficient (Wildman–Crippen LogP) is 4.23. The molecule has 1 unspecified atom stereocenters. The van der Waals surface area contributed by atoms with Crippen molar-refractivity contribution in [2.45, 2.75) is 32.8 Å². The molecule has 0 heterocycles. The van der Waals surface area contributed by atoms with Crippen molar-refractivity contribution in [3.8, 4) is 0 Å². The summed E-state index contributed by atoms with van der Waals surface area (Å²) < 4.78 is 5.69. The maximum absolute atomic E-state index is 12.8. The van der Waals surface area contributed by atoms with E-state index in [4.69, 9.17) is 4.74 Å². The van der Waals surface area contributed by atoms with Gasteiger partial charge in [0.05, 0.1) is 0 Å². The van der Waals surface area contributed by atoms with Crippen LogP contribution in [-0.2, 0) is 4.74 Å². The largest absolute Gasteiger partial charge is 0.367 e. The maximum atomic E-state index is 12.8. The molecule has 0 aliphatic rings. The Hall–Kier alpha value is -1.67. The molecule has 0 N–H and O–H groups in total. The van der Waals surface area contributed by atoms with Gasteiger partial charge in [-0.15, -0.1) is 0 Å². The number of rotatable bonds is 5. The Kier molecular flexibility index (Phi) is 4.01. The molecule has 2 nitrogen and oxygen atoms in total. The van der Waals surface area contributed by atoms with Crippen LogP contribution in [0, 0.1) is 0 Å². The molecule has 0 bridgehead atoms. The Morgan fingerprint density at radius 3 is 2.47 bits per heavy atom. The van der Waals surface area contributed by atoms with Gasteiger partial charge in [0.1, 0.15) is 5.60 Å². The van der Waals surface area contributed by atoms with Crippen LogP contribution in [0.3, 0.4) is 0 Å². The second-order valence-corrected chi connectivity index (χ2v) is 4.87. The van der Waals surface area contributed by atoms with Crippen molar-refractivity contribution in [3.05, 3.63) is 48.0 Å². The highest BCUT2D eigenvalue weighted by atomic mass is 16.5. The topological polar surface area (TPSA) is 26.3 Å². The molecule has 0 aliphatic carbocycles. The van der Waals surface area contributed by atoms with Crippen molar-refractivity contribution in [2.75, 3.05) is 6.61 Å². The number of ether oxygens (including phenoxy) is 1. The quantitative estimate of drug-likeness (QED) is 0.748. The van der Waals surface area contributed by atoms with Crippen LogP contribution in [0.15, 0.2) is 42.5 Å². The molecule has 2 heteroatoms. The number of ketones is 1. The standard InChI is InChI=1S/C17H20O2/c1-4-17(3,19-5-2)16(18)15-12-8-10-13-9-6-7-11-14(13)15/h6-12H,4-5H2,1-3H3. The van der Waals surface area contributed by atoms with Crippen molar-refractivity contribution < 1.29 is 9.53 Å². The molecular formula is C17H20O2. The highest BCUT2D eigenvalue weighted by Gasteiger charge is 2.33. The normalized spacial score (nSPS) is 14.3. The Morgan fingerprint density at radius 2 is 1.79 bits per heavy atom. The molecular weight excluding hydrogens is 236 g/mol. The van der Waals surface area contributed by atoms with Gasteiger partial charge in [0.25, 0.3) is 0 Å². The fraction of sp³-hybridized carbons (Fsp3) is 0.353. The van der Waals surface area contributed by atoms with E-state index < -0.39 is 5.60 Å². The number of hydrogen-bond donors (Lipinski definition) is 0. The van der Waals surface area contributed by atoms with Gasteiger partial charge in [-0.3, -0.25) is 4.79 Å². The second kappa shape index (κ2) is 5.54. The summed E-state index contributed by atoms with van der Waals surface area (Å²) in [5.41, 5.74) is 0.00898. The van der Waals surface area contributed by atoms with Gasteiger partial charge in [-0.25, -0.2) is 0 Å². The number of hydrogen-bond acceptors (Lipinski definition) is 2. The molecule has 0 fully saturated rings. The summed E-state index contributed by atoms with van der Waals surface area (Å²) >= 11 is 0. The molecule has 0 spiro atoms. The van der Waals surface area contributed by atoms with Gasteiger partial charge in [0.2, 0.25) is 0 Å². The first kappa shape index (κ1) is 13.8. The minimum absolute atomic E-state index is 0.0636. The van der Waals surface area contributed by atoms with E-state index in [1.807, 2.05) is 63.2 Å².